The maximum Gasteiger partial charge on any atom is 0.0669 e. The summed E-state index contributed by atoms with van der Waals surface area (Å²) in [6.45, 7) is 9.14. The Morgan fingerprint density at radius 3 is 2.53 bits per heavy atom. The number of hydrogen-bond acceptors (Lipinski definition) is 3. The summed E-state index contributed by atoms with van der Waals surface area (Å²) in [6.07, 6.45) is 3.07. The van der Waals surface area contributed by atoms with E-state index in [1.807, 2.05) is 4.68 Å². The highest BCUT2D eigenvalue weighted by molar-refractivity contribution is 5.26. The molecular weight excluding hydrogens is 214 g/mol. The molecule has 1 aromatic heterocycles. The van der Waals surface area contributed by atoms with Gasteiger partial charge in [-0.05, 0) is 25.8 Å². The van der Waals surface area contributed by atoms with E-state index in [0.717, 1.165) is 32.4 Å². The fourth-order valence-corrected chi connectivity index (χ4v) is 2.14. The van der Waals surface area contributed by atoms with E-state index < -0.39 is 0 Å². The number of aliphatic hydroxyl groups is 1. The molecule has 4 nitrogen and oxygen atoms in total. The van der Waals surface area contributed by atoms with Crippen LogP contribution in [0.4, 0.5) is 0 Å². The van der Waals surface area contributed by atoms with Crippen LogP contribution in [0.15, 0.2) is 0 Å². The van der Waals surface area contributed by atoms with E-state index in [1.54, 1.807) is 0 Å². The lowest BCUT2D eigenvalue weighted by Crippen LogP contribution is -2.16. The normalized spacial score (nSPS) is 11.1. The average Bonchev–Trinajstić information content (AvgIpc) is 2.67. The predicted octanol–water partition coefficient (Wildman–Crippen LogP) is 1.50. The Kier molecular flexibility index (Phi) is 6.22. The van der Waals surface area contributed by atoms with Crippen LogP contribution >= 0.6 is 0 Å². The lowest BCUT2D eigenvalue weighted by Gasteiger charge is -2.07. The van der Waals surface area contributed by atoms with Crippen molar-refractivity contribution in [1.82, 2.24) is 15.1 Å². The van der Waals surface area contributed by atoms with Crippen LogP contribution in [0, 0.1) is 0 Å². The van der Waals surface area contributed by atoms with Crippen molar-refractivity contribution in [1.29, 1.82) is 0 Å². The summed E-state index contributed by atoms with van der Waals surface area (Å²) in [5.41, 5.74) is 3.76. The van der Waals surface area contributed by atoms with Crippen molar-refractivity contribution >= 4 is 0 Å². The number of hydrogen-bond donors (Lipinski definition) is 2. The van der Waals surface area contributed by atoms with Gasteiger partial charge < -0.3 is 10.4 Å². The average molecular weight is 239 g/mol. The van der Waals surface area contributed by atoms with Gasteiger partial charge in [0.15, 0.2) is 0 Å². The molecule has 0 aliphatic heterocycles. The van der Waals surface area contributed by atoms with Crippen LogP contribution in [-0.4, -0.2) is 28.0 Å². The minimum atomic E-state index is 0.152. The summed E-state index contributed by atoms with van der Waals surface area (Å²) in [7, 11) is 0. The maximum atomic E-state index is 9.05. The Bertz CT molecular complexity index is 334. The van der Waals surface area contributed by atoms with Crippen molar-refractivity contribution in [3.8, 4) is 0 Å². The quantitative estimate of drug-likeness (QED) is 0.676. The molecule has 17 heavy (non-hydrogen) atoms. The number of aliphatic hydroxyl groups excluding tert-OH is 1. The molecule has 0 amide bonds. The van der Waals surface area contributed by atoms with Crippen molar-refractivity contribution < 1.29 is 5.11 Å². The molecule has 0 spiro atoms. The van der Waals surface area contributed by atoms with Gasteiger partial charge in [-0.3, -0.25) is 4.68 Å². The van der Waals surface area contributed by atoms with E-state index in [0.29, 0.717) is 6.54 Å². The molecule has 1 rings (SSSR count). The third-order valence-electron chi connectivity index (χ3n) is 2.96. The molecule has 0 bridgehead atoms. The molecule has 0 aliphatic rings. The summed E-state index contributed by atoms with van der Waals surface area (Å²) in [6, 6.07) is 0. The zero-order chi connectivity index (χ0) is 12.7. The summed E-state index contributed by atoms with van der Waals surface area (Å²) >= 11 is 0. The van der Waals surface area contributed by atoms with E-state index in [4.69, 9.17) is 5.11 Å². The van der Waals surface area contributed by atoms with E-state index in [9.17, 15) is 0 Å². The largest absolute Gasteiger partial charge is 0.394 e. The molecule has 0 aromatic carbocycles. The second-order valence-electron chi connectivity index (χ2n) is 4.20. The highest BCUT2D eigenvalue weighted by Crippen LogP contribution is 2.16. The topological polar surface area (TPSA) is 50.1 Å². The Hall–Kier alpha value is -0.870. The van der Waals surface area contributed by atoms with Crippen molar-refractivity contribution in [2.75, 3.05) is 13.2 Å². The molecule has 0 unspecified atom stereocenters. The minimum absolute atomic E-state index is 0.152. The van der Waals surface area contributed by atoms with E-state index in [1.165, 1.54) is 17.0 Å². The first kappa shape index (κ1) is 14.2. The molecule has 0 saturated heterocycles. The minimum Gasteiger partial charge on any atom is -0.394 e. The summed E-state index contributed by atoms with van der Waals surface area (Å²) in [5, 5.41) is 17.1. The highest BCUT2D eigenvalue weighted by atomic mass is 16.3. The first-order valence-electron chi connectivity index (χ1n) is 6.67. The monoisotopic (exact) mass is 239 g/mol. The van der Waals surface area contributed by atoms with E-state index in [-0.39, 0.29) is 6.61 Å². The van der Waals surface area contributed by atoms with Gasteiger partial charge in [0.2, 0.25) is 0 Å². The van der Waals surface area contributed by atoms with Crippen LogP contribution < -0.4 is 5.32 Å². The number of aryl methyl sites for hydroxylation is 1. The van der Waals surface area contributed by atoms with Crippen LogP contribution in [0.3, 0.4) is 0 Å². The second-order valence-corrected chi connectivity index (χ2v) is 4.20. The molecule has 4 heteroatoms. The fraction of sp³-hybridized carbons (Fsp3) is 0.769. The zero-order valence-corrected chi connectivity index (χ0v) is 11.3. The summed E-state index contributed by atoms with van der Waals surface area (Å²) < 4.78 is 1.96. The molecule has 0 radical (unpaired) electrons. The Morgan fingerprint density at radius 1 is 1.24 bits per heavy atom. The third-order valence-corrected chi connectivity index (χ3v) is 2.96. The van der Waals surface area contributed by atoms with Crippen LogP contribution in [-0.2, 0) is 25.9 Å². The zero-order valence-electron chi connectivity index (χ0n) is 11.3. The van der Waals surface area contributed by atoms with Crippen molar-refractivity contribution in [2.24, 2.45) is 0 Å². The Labute approximate surface area is 104 Å². The molecule has 0 atom stereocenters. The lowest BCUT2D eigenvalue weighted by atomic mass is 10.1. The standard InChI is InChI=1S/C13H25N3O/c1-4-7-14-10-11-12(5-2)15-16(8-9-17)13(11)6-3/h14,17H,4-10H2,1-3H3. The molecule has 0 fully saturated rings. The van der Waals surface area contributed by atoms with Crippen LogP contribution in [0.1, 0.15) is 44.1 Å². The van der Waals surface area contributed by atoms with Gasteiger partial charge in [-0.15, -0.1) is 0 Å². The molecule has 2 N–H and O–H groups in total. The van der Waals surface area contributed by atoms with Gasteiger partial charge in [0.25, 0.3) is 0 Å². The molecule has 98 valence electrons. The van der Waals surface area contributed by atoms with Crippen molar-refractivity contribution in [3.63, 3.8) is 0 Å². The Morgan fingerprint density at radius 2 is 2.00 bits per heavy atom. The van der Waals surface area contributed by atoms with Gasteiger partial charge >= 0.3 is 0 Å². The van der Waals surface area contributed by atoms with E-state index in [2.05, 4.69) is 31.2 Å². The Balaban J connectivity index is 2.89. The number of nitrogens with one attached hydrogen (secondary N) is 1. The molecule has 0 aliphatic carbocycles. The van der Waals surface area contributed by atoms with Crippen LogP contribution in [0.2, 0.25) is 0 Å². The van der Waals surface area contributed by atoms with Gasteiger partial charge in [-0.25, -0.2) is 0 Å². The SMILES string of the molecule is CCCNCc1c(CC)nn(CCO)c1CC. The van der Waals surface area contributed by atoms with Gasteiger partial charge in [-0.2, -0.15) is 5.10 Å². The molecular formula is C13H25N3O. The second kappa shape index (κ2) is 7.45. The third kappa shape index (κ3) is 3.54. The lowest BCUT2D eigenvalue weighted by molar-refractivity contribution is 0.267. The maximum absolute atomic E-state index is 9.05. The van der Waals surface area contributed by atoms with E-state index >= 15 is 0 Å². The van der Waals surface area contributed by atoms with Crippen molar-refractivity contribution in [2.45, 2.75) is 53.1 Å². The van der Waals surface area contributed by atoms with Gasteiger partial charge in [-0.1, -0.05) is 20.8 Å². The molecule has 1 heterocycles. The van der Waals surface area contributed by atoms with Gasteiger partial charge in [0, 0.05) is 17.8 Å². The highest BCUT2D eigenvalue weighted by Gasteiger charge is 2.14. The summed E-state index contributed by atoms with van der Waals surface area (Å²) in [4.78, 5) is 0. The predicted molar refractivity (Wildman–Crippen MR) is 70.1 cm³/mol. The summed E-state index contributed by atoms with van der Waals surface area (Å²) in [5.74, 6) is 0. The molecule has 0 saturated carbocycles. The number of nitrogens with zero attached hydrogens (tertiary/aromatic N) is 2. The smallest absolute Gasteiger partial charge is 0.0669 e. The molecule has 1 aromatic rings. The van der Waals surface area contributed by atoms with Gasteiger partial charge in [0.1, 0.15) is 0 Å². The number of aromatic nitrogens is 2. The van der Waals surface area contributed by atoms with Crippen LogP contribution in [0.25, 0.3) is 0 Å². The van der Waals surface area contributed by atoms with Crippen molar-refractivity contribution in [3.05, 3.63) is 17.0 Å². The van der Waals surface area contributed by atoms with Gasteiger partial charge in [0.05, 0.1) is 18.8 Å². The van der Waals surface area contributed by atoms with Crippen LogP contribution in [0.5, 0.6) is 0 Å². The number of rotatable bonds is 8. The first-order valence-corrected chi connectivity index (χ1v) is 6.67. The first-order chi connectivity index (χ1) is 8.28. The fourth-order valence-electron chi connectivity index (χ4n) is 2.14.